The lowest BCUT2D eigenvalue weighted by atomic mass is 10.1. The molecule has 1 aromatic heterocycles. The second kappa shape index (κ2) is 6.77. The first-order valence-electron chi connectivity index (χ1n) is 7.04. The van der Waals surface area contributed by atoms with E-state index in [-0.39, 0.29) is 6.61 Å². The molecule has 1 saturated heterocycles. The standard InChI is InChI=1S/C14H25N3OS/c1-11-14(12(2)17(15-11)7-8-18)9-16-6-4-5-13(16)10-19-3/h13,18H,4-10H2,1-3H3. The molecular weight excluding hydrogens is 258 g/mol. The largest absolute Gasteiger partial charge is 0.394 e. The van der Waals surface area contributed by atoms with Gasteiger partial charge in [-0.05, 0) is 39.5 Å². The number of aliphatic hydroxyl groups is 1. The molecular formula is C14H25N3OS. The first-order chi connectivity index (χ1) is 9.17. The molecule has 1 fully saturated rings. The van der Waals surface area contributed by atoms with Gasteiger partial charge in [-0.25, -0.2) is 0 Å². The van der Waals surface area contributed by atoms with Crippen LogP contribution < -0.4 is 0 Å². The van der Waals surface area contributed by atoms with Crippen molar-refractivity contribution in [1.29, 1.82) is 0 Å². The lowest BCUT2D eigenvalue weighted by Crippen LogP contribution is -2.31. The minimum Gasteiger partial charge on any atom is -0.394 e. The van der Waals surface area contributed by atoms with Gasteiger partial charge in [-0.15, -0.1) is 0 Å². The zero-order chi connectivity index (χ0) is 13.8. The van der Waals surface area contributed by atoms with Crippen molar-refractivity contribution in [3.05, 3.63) is 17.0 Å². The molecule has 2 heterocycles. The van der Waals surface area contributed by atoms with Crippen LogP contribution in [0.3, 0.4) is 0 Å². The SMILES string of the molecule is CSCC1CCCN1Cc1c(C)nn(CCO)c1C. The van der Waals surface area contributed by atoms with Gasteiger partial charge in [0, 0.05) is 29.6 Å². The second-order valence-electron chi connectivity index (χ2n) is 5.32. The summed E-state index contributed by atoms with van der Waals surface area (Å²) in [6, 6.07) is 0.718. The Hall–Kier alpha value is -0.520. The molecule has 1 unspecified atom stereocenters. The summed E-state index contributed by atoms with van der Waals surface area (Å²) in [5.74, 6) is 1.23. The van der Waals surface area contributed by atoms with E-state index in [0.29, 0.717) is 6.54 Å². The minimum atomic E-state index is 0.153. The average molecular weight is 283 g/mol. The highest BCUT2D eigenvalue weighted by atomic mass is 32.2. The van der Waals surface area contributed by atoms with E-state index in [1.165, 1.54) is 36.4 Å². The molecule has 0 aliphatic carbocycles. The van der Waals surface area contributed by atoms with E-state index >= 15 is 0 Å². The predicted molar refractivity (Wildman–Crippen MR) is 80.6 cm³/mol. The highest BCUT2D eigenvalue weighted by Gasteiger charge is 2.25. The molecule has 1 atom stereocenters. The molecule has 108 valence electrons. The van der Waals surface area contributed by atoms with Crippen molar-refractivity contribution >= 4 is 11.8 Å². The third-order valence-electron chi connectivity index (χ3n) is 4.06. The van der Waals surface area contributed by atoms with Crippen molar-refractivity contribution in [3.63, 3.8) is 0 Å². The third-order valence-corrected chi connectivity index (χ3v) is 4.78. The highest BCUT2D eigenvalue weighted by molar-refractivity contribution is 7.98. The van der Waals surface area contributed by atoms with Crippen LogP contribution in [0.1, 0.15) is 29.8 Å². The molecule has 5 heteroatoms. The summed E-state index contributed by atoms with van der Waals surface area (Å²) in [6.07, 6.45) is 4.82. The number of hydrogen-bond donors (Lipinski definition) is 1. The van der Waals surface area contributed by atoms with E-state index in [1.807, 2.05) is 16.4 Å². The Morgan fingerprint density at radius 1 is 1.42 bits per heavy atom. The Balaban J connectivity index is 2.10. The fourth-order valence-corrected chi connectivity index (χ4v) is 3.73. The van der Waals surface area contributed by atoms with Crippen molar-refractivity contribution in [3.8, 4) is 0 Å². The van der Waals surface area contributed by atoms with E-state index < -0.39 is 0 Å². The summed E-state index contributed by atoms with van der Waals surface area (Å²) in [7, 11) is 0. The maximum Gasteiger partial charge on any atom is 0.0644 e. The number of hydrogen-bond acceptors (Lipinski definition) is 4. The maximum absolute atomic E-state index is 9.07. The number of aliphatic hydroxyl groups excluding tert-OH is 1. The lowest BCUT2D eigenvalue weighted by Gasteiger charge is -2.24. The Morgan fingerprint density at radius 3 is 2.89 bits per heavy atom. The molecule has 1 N–H and O–H groups in total. The van der Waals surface area contributed by atoms with Crippen LogP contribution in [0.25, 0.3) is 0 Å². The second-order valence-corrected chi connectivity index (χ2v) is 6.23. The molecule has 4 nitrogen and oxygen atoms in total. The normalized spacial score (nSPS) is 20.3. The van der Waals surface area contributed by atoms with E-state index in [0.717, 1.165) is 18.3 Å². The zero-order valence-electron chi connectivity index (χ0n) is 12.2. The number of likely N-dealkylation sites (tertiary alicyclic amines) is 1. The van der Waals surface area contributed by atoms with Gasteiger partial charge >= 0.3 is 0 Å². The summed E-state index contributed by atoms with van der Waals surface area (Å²) in [5.41, 5.74) is 3.67. The van der Waals surface area contributed by atoms with E-state index in [2.05, 4.69) is 30.1 Å². The predicted octanol–water partition coefficient (Wildman–Crippen LogP) is 1.82. The Kier molecular flexibility index (Phi) is 5.30. The topological polar surface area (TPSA) is 41.3 Å². The van der Waals surface area contributed by atoms with Crippen LogP contribution in [0.15, 0.2) is 0 Å². The first-order valence-corrected chi connectivity index (χ1v) is 8.43. The molecule has 1 aromatic rings. The van der Waals surface area contributed by atoms with Crippen LogP contribution in [0.2, 0.25) is 0 Å². The van der Waals surface area contributed by atoms with Gasteiger partial charge in [0.15, 0.2) is 0 Å². The van der Waals surface area contributed by atoms with Crippen LogP contribution in [0, 0.1) is 13.8 Å². The monoisotopic (exact) mass is 283 g/mol. The van der Waals surface area contributed by atoms with E-state index in [9.17, 15) is 0 Å². The lowest BCUT2D eigenvalue weighted by molar-refractivity contribution is 0.260. The van der Waals surface area contributed by atoms with Gasteiger partial charge in [-0.3, -0.25) is 9.58 Å². The Bertz CT molecular complexity index is 419. The number of rotatable bonds is 6. The molecule has 0 saturated carbocycles. The van der Waals surface area contributed by atoms with Crippen LogP contribution in [0.5, 0.6) is 0 Å². The van der Waals surface area contributed by atoms with Crippen LogP contribution in [-0.4, -0.2) is 51.0 Å². The van der Waals surface area contributed by atoms with Crippen molar-refractivity contribution < 1.29 is 5.11 Å². The molecule has 1 aliphatic rings. The number of aromatic nitrogens is 2. The van der Waals surface area contributed by atoms with Crippen molar-refractivity contribution in [1.82, 2.24) is 14.7 Å². The maximum atomic E-state index is 9.07. The van der Waals surface area contributed by atoms with E-state index in [1.54, 1.807) is 0 Å². The number of thioether (sulfide) groups is 1. The van der Waals surface area contributed by atoms with Crippen LogP contribution in [0.4, 0.5) is 0 Å². The molecule has 0 radical (unpaired) electrons. The van der Waals surface area contributed by atoms with E-state index in [4.69, 9.17) is 5.11 Å². The summed E-state index contributed by atoms with van der Waals surface area (Å²) < 4.78 is 1.93. The van der Waals surface area contributed by atoms with Gasteiger partial charge < -0.3 is 5.11 Å². The van der Waals surface area contributed by atoms with Crippen molar-refractivity contribution in [2.45, 2.75) is 45.8 Å². The molecule has 0 amide bonds. The molecule has 0 aromatic carbocycles. The smallest absolute Gasteiger partial charge is 0.0644 e. The van der Waals surface area contributed by atoms with Gasteiger partial charge in [0.2, 0.25) is 0 Å². The summed E-state index contributed by atoms with van der Waals surface area (Å²) in [5, 5.41) is 13.6. The fourth-order valence-electron chi connectivity index (χ4n) is 2.96. The molecule has 0 bridgehead atoms. The molecule has 1 aliphatic heterocycles. The van der Waals surface area contributed by atoms with Crippen LogP contribution in [-0.2, 0) is 13.1 Å². The molecule has 2 rings (SSSR count). The summed E-state index contributed by atoms with van der Waals surface area (Å²) >= 11 is 1.94. The minimum absolute atomic E-state index is 0.153. The Morgan fingerprint density at radius 2 is 2.21 bits per heavy atom. The van der Waals surface area contributed by atoms with Gasteiger partial charge in [-0.2, -0.15) is 16.9 Å². The quantitative estimate of drug-likeness (QED) is 0.864. The average Bonchev–Trinajstić information content (AvgIpc) is 2.91. The van der Waals surface area contributed by atoms with Gasteiger partial charge in [-0.1, -0.05) is 0 Å². The third kappa shape index (κ3) is 3.33. The van der Waals surface area contributed by atoms with Crippen molar-refractivity contribution in [2.24, 2.45) is 0 Å². The van der Waals surface area contributed by atoms with Crippen molar-refractivity contribution in [2.75, 3.05) is 25.2 Å². The molecule has 0 spiro atoms. The van der Waals surface area contributed by atoms with Gasteiger partial charge in [0.25, 0.3) is 0 Å². The number of aryl methyl sites for hydroxylation is 1. The summed E-state index contributed by atoms with van der Waals surface area (Å²) in [4.78, 5) is 2.59. The molecule has 19 heavy (non-hydrogen) atoms. The summed E-state index contributed by atoms with van der Waals surface area (Å²) in [6.45, 7) is 7.16. The van der Waals surface area contributed by atoms with Gasteiger partial charge in [0.1, 0.15) is 0 Å². The zero-order valence-corrected chi connectivity index (χ0v) is 13.0. The van der Waals surface area contributed by atoms with Crippen LogP contribution >= 0.6 is 11.8 Å². The number of nitrogens with zero attached hydrogens (tertiary/aromatic N) is 3. The first kappa shape index (κ1) is 14.9. The highest BCUT2D eigenvalue weighted by Crippen LogP contribution is 2.24. The Labute approximate surface area is 120 Å². The van der Waals surface area contributed by atoms with Gasteiger partial charge in [0.05, 0.1) is 18.8 Å². The fraction of sp³-hybridized carbons (Fsp3) is 0.786.